The molecule has 74 valence electrons. The smallest absolute Gasteiger partial charge is 0.414 e. The molecule has 0 spiro atoms. The van der Waals surface area contributed by atoms with E-state index in [1.165, 1.54) is 12.3 Å². The van der Waals surface area contributed by atoms with E-state index in [1.54, 1.807) is 6.92 Å². The van der Waals surface area contributed by atoms with Crippen LogP contribution in [-0.2, 0) is 6.42 Å². The summed E-state index contributed by atoms with van der Waals surface area (Å²) in [5, 5.41) is 8.72. The average Bonchev–Trinajstić information content (AvgIpc) is 2.34. The summed E-state index contributed by atoms with van der Waals surface area (Å²) < 4.78 is 40.5. The largest absolute Gasteiger partial charge is 0.469 e. The summed E-state index contributed by atoms with van der Waals surface area (Å²) in [7, 11) is 0. The highest BCUT2D eigenvalue weighted by molar-refractivity contribution is 5.16. The van der Waals surface area contributed by atoms with Crippen molar-refractivity contribution in [1.29, 1.82) is 0 Å². The van der Waals surface area contributed by atoms with Crippen LogP contribution >= 0.6 is 0 Å². The third-order valence-corrected chi connectivity index (χ3v) is 1.76. The van der Waals surface area contributed by atoms with E-state index in [0.717, 1.165) is 0 Å². The Morgan fingerprint density at radius 2 is 2.15 bits per heavy atom. The second kappa shape index (κ2) is 3.41. The molecule has 1 atom stereocenters. The Hall–Kier alpha value is -0.970. The highest BCUT2D eigenvalue weighted by Gasteiger charge is 2.38. The molecule has 1 aromatic rings. The summed E-state index contributed by atoms with van der Waals surface area (Å²) in [6, 6.07) is 1.42. The summed E-state index contributed by atoms with van der Waals surface area (Å²) in [4.78, 5) is 0. The summed E-state index contributed by atoms with van der Waals surface area (Å²) in [5.41, 5.74) is 0.379. The number of aliphatic hydroxyl groups excluding tert-OH is 1. The molecular formula is C8H9F3O2. The summed E-state index contributed by atoms with van der Waals surface area (Å²) in [5.74, 6) is 0.406. The van der Waals surface area contributed by atoms with Gasteiger partial charge in [0, 0.05) is 6.42 Å². The molecule has 0 aromatic carbocycles. The number of hydrogen-bond donors (Lipinski definition) is 1. The lowest BCUT2D eigenvalue weighted by molar-refractivity contribution is -0.203. The third kappa shape index (κ3) is 2.48. The first-order valence-corrected chi connectivity index (χ1v) is 3.69. The molecule has 0 aliphatic carbocycles. The van der Waals surface area contributed by atoms with E-state index in [9.17, 15) is 13.2 Å². The Kier molecular flexibility index (Phi) is 2.66. The van der Waals surface area contributed by atoms with Gasteiger partial charge in [0.15, 0.2) is 6.10 Å². The zero-order valence-electron chi connectivity index (χ0n) is 6.93. The SMILES string of the molecule is Cc1occc1CC(O)C(F)(F)F. The third-order valence-electron chi connectivity index (χ3n) is 1.76. The molecule has 1 aromatic heterocycles. The predicted octanol–water partition coefficient (Wildman–Crippen LogP) is 2.05. The van der Waals surface area contributed by atoms with Crippen molar-refractivity contribution < 1.29 is 22.7 Å². The molecule has 13 heavy (non-hydrogen) atoms. The Morgan fingerprint density at radius 3 is 2.54 bits per heavy atom. The first-order chi connectivity index (χ1) is 5.91. The maximum absolute atomic E-state index is 11.9. The highest BCUT2D eigenvalue weighted by Crippen LogP contribution is 2.24. The van der Waals surface area contributed by atoms with Gasteiger partial charge in [0.25, 0.3) is 0 Å². The predicted molar refractivity (Wildman–Crippen MR) is 39.2 cm³/mol. The van der Waals surface area contributed by atoms with Gasteiger partial charge in [0.2, 0.25) is 0 Å². The first-order valence-electron chi connectivity index (χ1n) is 3.69. The van der Waals surface area contributed by atoms with Crippen molar-refractivity contribution in [3.05, 3.63) is 23.7 Å². The minimum atomic E-state index is -4.57. The van der Waals surface area contributed by atoms with E-state index in [1.807, 2.05) is 0 Å². The molecule has 5 heteroatoms. The van der Waals surface area contributed by atoms with Crippen LogP contribution in [0, 0.1) is 6.92 Å². The van der Waals surface area contributed by atoms with Crippen LogP contribution in [0.5, 0.6) is 0 Å². The number of alkyl halides is 3. The van der Waals surface area contributed by atoms with E-state index in [-0.39, 0.29) is 0 Å². The van der Waals surface area contributed by atoms with Crippen molar-refractivity contribution >= 4 is 0 Å². The summed E-state index contributed by atoms with van der Waals surface area (Å²) in [6.45, 7) is 1.55. The first kappa shape index (κ1) is 10.1. The Labute approximate surface area is 73.0 Å². The van der Waals surface area contributed by atoms with Crippen LogP contribution in [0.25, 0.3) is 0 Å². The topological polar surface area (TPSA) is 33.4 Å². The van der Waals surface area contributed by atoms with Crippen molar-refractivity contribution in [2.45, 2.75) is 25.6 Å². The quantitative estimate of drug-likeness (QED) is 0.781. The van der Waals surface area contributed by atoms with Crippen molar-refractivity contribution in [2.75, 3.05) is 0 Å². The second-order valence-electron chi connectivity index (χ2n) is 2.76. The van der Waals surface area contributed by atoms with E-state index in [0.29, 0.717) is 11.3 Å². The number of hydrogen-bond acceptors (Lipinski definition) is 2. The normalized spacial score (nSPS) is 14.5. The van der Waals surface area contributed by atoms with Crippen LogP contribution < -0.4 is 0 Å². The Balaban J connectivity index is 2.65. The van der Waals surface area contributed by atoms with Gasteiger partial charge in [0.1, 0.15) is 5.76 Å². The molecule has 2 nitrogen and oxygen atoms in total. The lowest BCUT2D eigenvalue weighted by atomic mass is 10.1. The average molecular weight is 194 g/mol. The van der Waals surface area contributed by atoms with Crippen LogP contribution in [0.2, 0.25) is 0 Å². The minimum Gasteiger partial charge on any atom is -0.469 e. The number of aliphatic hydroxyl groups is 1. The second-order valence-corrected chi connectivity index (χ2v) is 2.76. The van der Waals surface area contributed by atoms with Crippen LogP contribution in [0.3, 0.4) is 0 Å². The lowest BCUT2D eigenvalue weighted by Gasteiger charge is -2.13. The van der Waals surface area contributed by atoms with E-state index in [2.05, 4.69) is 0 Å². The molecule has 0 fully saturated rings. The van der Waals surface area contributed by atoms with Gasteiger partial charge in [0.05, 0.1) is 6.26 Å². The van der Waals surface area contributed by atoms with Gasteiger partial charge < -0.3 is 9.52 Å². The fourth-order valence-electron chi connectivity index (χ4n) is 0.947. The van der Waals surface area contributed by atoms with Crippen molar-refractivity contribution in [2.24, 2.45) is 0 Å². The van der Waals surface area contributed by atoms with Gasteiger partial charge >= 0.3 is 6.18 Å². The Morgan fingerprint density at radius 1 is 1.54 bits per heavy atom. The molecule has 1 unspecified atom stereocenters. The fourth-order valence-corrected chi connectivity index (χ4v) is 0.947. The maximum atomic E-state index is 11.9. The summed E-state index contributed by atoms with van der Waals surface area (Å²) >= 11 is 0. The van der Waals surface area contributed by atoms with Crippen molar-refractivity contribution in [3.63, 3.8) is 0 Å². The molecule has 0 aliphatic heterocycles. The number of halogens is 3. The number of rotatable bonds is 2. The van der Waals surface area contributed by atoms with Gasteiger partial charge in [-0.1, -0.05) is 0 Å². The van der Waals surface area contributed by atoms with E-state index in [4.69, 9.17) is 9.52 Å². The van der Waals surface area contributed by atoms with Crippen LogP contribution in [0.4, 0.5) is 13.2 Å². The fraction of sp³-hybridized carbons (Fsp3) is 0.500. The molecule has 1 heterocycles. The maximum Gasteiger partial charge on any atom is 0.414 e. The standard InChI is InChI=1S/C8H9F3O2/c1-5-6(2-3-13-5)4-7(12)8(9,10)11/h2-3,7,12H,4H2,1H3. The number of aryl methyl sites for hydroxylation is 1. The highest BCUT2D eigenvalue weighted by atomic mass is 19.4. The molecular weight excluding hydrogens is 185 g/mol. The number of furan rings is 1. The summed E-state index contributed by atoms with van der Waals surface area (Å²) in [6.07, 6.45) is -6.03. The van der Waals surface area contributed by atoms with Crippen LogP contribution in [0.15, 0.2) is 16.7 Å². The molecule has 0 bridgehead atoms. The molecule has 1 N–H and O–H groups in total. The molecule has 1 rings (SSSR count). The van der Waals surface area contributed by atoms with E-state index >= 15 is 0 Å². The minimum absolute atomic E-state index is 0.379. The molecule has 0 saturated heterocycles. The van der Waals surface area contributed by atoms with Crippen LogP contribution in [-0.4, -0.2) is 17.4 Å². The molecule has 0 amide bonds. The Bertz CT molecular complexity index is 277. The lowest BCUT2D eigenvalue weighted by Crippen LogP contribution is -2.30. The van der Waals surface area contributed by atoms with Gasteiger partial charge in [-0.05, 0) is 18.6 Å². The van der Waals surface area contributed by atoms with Gasteiger partial charge in [-0.25, -0.2) is 0 Å². The molecule has 0 radical (unpaired) electrons. The zero-order valence-corrected chi connectivity index (χ0v) is 6.93. The van der Waals surface area contributed by atoms with Crippen molar-refractivity contribution in [1.82, 2.24) is 0 Å². The zero-order chi connectivity index (χ0) is 10.1. The molecule has 0 saturated carbocycles. The van der Waals surface area contributed by atoms with E-state index < -0.39 is 18.7 Å². The van der Waals surface area contributed by atoms with Gasteiger partial charge in [-0.3, -0.25) is 0 Å². The molecule has 0 aliphatic rings. The monoisotopic (exact) mass is 194 g/mol. The van der Waals surface area contributed by atoms with Crippen molar-refractivity contribution in [3.8, 4) is 0 Å². The van der Waals surface area contributed by atoms with Gasteiger partial charge in [-0.15, -0.1) is 0 Å². The van der Waals surface area contributed by atoms with Crippen LogP contribution in [0.1, 0.15) is 11.3 Å². The van der Waals surface area contributed by atoms with Gasteiger partial charge in [-0.2, -0.15) is 13.2 Å².